The molecule has 2 aromatic carbocycles. The molecule has 3 aromatic rings. The monoisotopic (exact) mass is 401 g/mol. The van der Waals surface area contributed by atoms with E-state index in [1.165, 1.54) is 0 Å². The molecule has 0 saturated heterocycles. The highest BCUT2D eigenvalue weighted by Crippen LogP contribution is 2.37. The second-order valence-electron chi connectivity index (χ2n) is 6.13. The highest BCUT2D eigenvalue weighted by molar-refractivity contribution is 9.10. The fraction of sp³-hybridized carbons (Fsp3) is 0.190. The minimum absolute atomic E-state index is 0.287. The predicted octanol–water partition coefficient (Wildman–Crippen LogP) is 6.49. The van der Waals surface area contributed by atoms with E-state index in [2.05, 4.69) is 20.9 Å². The number of benzene rings is 2. The second kappa shape index (κ2) is 7.44. The van der Waals surface area contributed by atoms with Crippen molar-refractivity contribution in [1.82, 2.24) is 4.98 Å². The van der Waals surface area contributed by atoms with Gasteiger partial charge in [-0.05, 0) is 35.4 Å². The van der Waals surface area contributed by atoms with Gasteiger partial charge in [0.1, 0.15) is 0 Å². The molecule has 0 bridgehead atoms. The van der Waals surface area contributed by atoms with Crippen LogP contribution in [0.15, 0.2) is 77.4 Å². The molecule has 0 aliphatic rings. The summed E-state index contributed by atoms with van der Waals surface area (Å²) in [6, 6.07) is 20.1. The molecule has 1 heterocycles. The fourth-order valence-electron chi connectivity index (χ4n) is 2.75. The predicted molar refractivity (Wildman–Crippen MR) is 101 cm³/mol. The first-order valence-corrected chi connectivity index (χ1v) is 8.88. The Labute approximate surface area is 154 Å². The lowest BCUT2D eigenvalue weighted by atomic mass is 9.90. The van der Waals surface area contributed by atoms with Gasteiger partial charge in [0.05, 0.1) is 5.69 Å². The van der Waals surface area contributed by atoms with E-state index >= 15 is 0 Å². The molecule has 1 nitrogen and oxygen atoms in total. The molecule has 4 heteroatoms. The molecule has 128 valence electrons. The van der Waals surface area contributed by atoms with Gasteiger partial charge >= 0.3 is 0 Å². The molecular weight excluding hydrogens is 384 g/mol. The van der Waals surface area contributed by atoms with Crippen LogP contribution in [0.4, 0.5) is 8.78 Å². The maximum atomic E-state index is 14.8. The minimum Gasteiger partial charge on any atom is -0.256 e. The molecule has 0 spiro atoms. The largest absolute Gasteiger partial charge is 0.258 e. The highest BCUT2D eigenvalue weighted by atomic mass is 79.9. The first kappa shape index (κ1) is 17.7. The molecular formula is C21H18BrF2N. The zero-order valence-electron chi connectivity index (χ0n) is 13.8. The molecule has 0 fully saturated rings. The van der Waals surface area contributed by atoms with E-state index in [1.54, 1.807) is 49.5 Å². The molecule has 0 radical (unpaired) electrons. The Morgan fingerprint density at radius 2 is 1.68 bits per heavy atom. The Morgan fingerprint density at radius 1 is 1.00 bits per heavy atom. The van der Waals surface area contributed by atoms with Gasteiger partial charge in [-0.1, -0.05) is 65.3 Å². The quantitative estimate of drug-likeness (QED) is 0.475. The molecule has 3 rings (SSSR count). The minimum atomic E-state index is -2.84. The zero-order chi connectivity index (χ0) is 17.9. The van der Waals surface area contributed by atoms with Crippen LogP contribution in [-0.2, 0) is 6.42 Å². The number of alkyl halides is 2. The first-order valence-electron chi connectivity index (χ1n) is 8.09. The van der Waals surface area contributed by atoms with Gasteiger partial charge in [0, 0.05) is 28.6 Å². The summed E-state index contributed by atoms with van der Waals surface area (Å²) in [5, 5.41) is 0. The van der Waals surface area contributed by atoms with E-state index in [-0.39, 0.29) is 6.42 Å². The lowest BCUT2D eigenvalue weighted by Crippen LogP contribution is -2.27. The van der Waals surface area contributed by atoms with Crippen LogP contribution in [0, 0.1) is 0 Å². The number of nitrogens with zero attached hydrogens (tertiary/aromatic N) is 1. The number of hydrogen-bond donors (Lipinski definition) is 0. The molecule has 1 aromatic heterocycles. The van der Waals surface area contributed by atoms with Gasteiger partial charge in [0.2, 0.25) is 0 Å². The lowest BCUT2D eigenvalue weighted by molar-refractivity contribution is -0.0218. The molecule has 0 saturated carbocycles. The summed E-state index contributed by atoms with van der Waals surface area (Å²) < 4.78 is 30.5. The van der Waals surface area contributed by atoms with Crippen molar-refractivity contribution >= 4 is 15.9 Å². The smallest absolute Gasteiger partial charge is 0.256 e. The van der Waals surface area contributed by atoms with Crippen molar-refractivity contribution in [1.29, 1.82) is 0 Å². The highest BCUT2D eigenvalue weighted by Gasteiger charge is 2.37. The van der Waals surface area contributed by atoms with Gasteiger partial charge < -0.3 is 0 Å². The topological polar surface area (TPSA) is 12.9 Å². The number of pyridine rings is 1. The average molecular weight is 402 g/mol. The molecule has 1 atom stereocenters. The summed E-state index contributed by atoms with van der Waals surface area (Å²) in [4.78, 5) is 4.32. The number of hydrogen-bond acceptors (Lipinski definition) is 1. The van der Waals surface area contributed by atoms with E-state index < -0.39 is 11.8 Å². The summed E-state index contributed by atoms with van der Waals surface area (Å²) in [5.41, 5.74) is 2.85. The summed E-state index contributed by atoms with van der Waals surface area (Å²) >= 11 is 3.33. The van der Waals surface area contributed by atoms with Crippen LogP contribution in [0.1, 0.15) is 24.0 Å². The van der Waals surface area contributed by atoms with Crippen molar-refractivity contribution < 1.29 is 8.78 Å². The van der Waals surface area contributed by atoms with Gasteiger partial charge in [0.25, 0.3) is 5.92 Å². The standard InChI is InChI=1S/C21H18BrF2N/c1-15(21(23,24)14-16-7-9-19(22)10-8-16)18-11-12-25-20(13-18)17-5-3-2-4-6-17/h2-13,15H,14H2,1H3. The maximum Gasteiger partial charge on any atom is 0.258 e. The van der Waals surface area contributed by atoms with Crippen LogP contribution in [0.25, 0.3) is 11.3 Å². The lowest BCUT2D eigenvalue weighted by Gasteiger charge is -2.24. The Balaban J connectivity index is 1.84. The van der Waals surface area contributed by atoms with E-state index in [0.717, 1.165) is 10.0 Å². The van der Waals surface area contributed by atoms with Gasteiger partial charge in [-0.3, -0.25) is 4.98 Å². The molecule has 0 amide bonds. The second-order valence-corrected chi connectivity index (χ2v) is 7.04. The van der Waals surface area contributed by atoms with Gasteiger partial charge in [-0.15, -0.1) is 0 Å². The molecule has 0 N–H and O–H groups in total. The SMILES string of the molecule is CC(c1ccnc(-c2ccccc2)c1)C(F)(F)Cc1ccc(Br)cc1. The molecule has 0 aliphatic carbocycles. The van der Waals surface area contributed by atoms with Crippen LogP contribution in [0.5, 0.6) is 0 Å². The normalized spacial score (nSPS) is 12.8. The van der Waals surface area contributed by atoms with Crippen LogP contribution < -0.4 is 0 Å². The van der Waals surface area contributed by atoms with Crippen LogP contribution in [-0.4, -0.2) is 10.9 Å². The fourth-order valence-corrected chi connectivity index (χ4v) is 3.02. The number of rotatable bonds is 5. The van der Waals surface area contributed by atoms with E-state index in [9.17, 15) is 8.78 Å². The van der Waals surface area contributed by atoms with Crippen molar-refractivity contribution in [2.24, 2.45) is 0 Å². The molecule has 25 heavy (non-hydrogen) atoms. The molecule has 1 unspecified atom stereocenters. The third-order valence-electron chi connectivity index (χ3n) is 4.34. The summed E-state index contributed by atoms with van der Waals surface area (Å²) in [6.07, 6.45) is 1.31. The van der Waals surface area contributed by atoms with Crippen molar-refractivity contribution in [2.45, 2.75) is 25.2 Å². The number of halogens is 3. The third-order valence-corrected chi connectivity index (χ3v) is 4.87. The van der Waals surface area contributed by atoms with E-state index in [0.29, 0.717) is 16.8 Å². The molecule has 0 aliphatic heterocycles. The Hall–Kier alpha value is -2.07. The maximum absolute atomic E-state index is 14.8. The van der Waals surface area contributed by atoms with Crippen LogP contribution >= 0.6 is 15.9 Å². The van der Waals surface area contributed by atoms with Crippen LogP contribution in [0.2, 0.25) is 0 Å². The average Bonchev–Trinajstić information content (AvgIpc) is 2.64. The van der Waals surface area contributed by atoms with Crippen molar-refractivity contribution in [2.75, 3.05) is 0 Å². The first-order chi connectivity index (χ1) is 12.0. The van der Waals surface area contributed by atoms with Crippen molar-refractivity contribution in [3.63, 3.8) is 0 Å². The van der Waals surface area contributed by atoms with E-state index in [1.807, 2.05) is 30.3 Å². The Morgan fingerprint density at radius 3 is 2.36 bits per heavy atom. The van der Waals surface area contributed by atoms with Gasteiger partial charge in [-0.25, -0.2) is 8.78 Å². The number of aromatic nitrogens is 1. The van der Waals surface area contributed by atoms with Gasteiger partial charge in [0.15, 0.2) is 0 Å². The summed E-state index contributed by atoms with van der Waals surface area (Å²) in [6.45, 7) is 1.57. The Bertz CT molecular complexity index is 832. The Kier molecular flexibility index (Phi) is 5.28. The summed E-state index contributed by atoms with van der Waals surface area (Å²) in [5.74, 6) is -3.75. The van der Waals surface area contributed by atoms with Gasteiger partial charge in [-0.2, -0.15) is 0 Å². The van der Waals surface area contributed by atoms with Crippen molar-refractivity contribution in [3.8, 4) is 11.3 Å². The van der Waals surface area contributed by atoms with E-state index in [4.69, 9.17) is 0 Å². The summed E-state index contributed by atoms with van der Waals surface area (Å²) in [7, 11) is 0. The van der Waals surface area contributed by atoms with Crippen molar-refractivity contribution in [3.05, 3.63) is 88.5 Å². The van der Waals surface area contributed by atoms with Crippen LogP contribution in [0.3, 0.4) is 0 Å². The zero-order valence-corrected chi connectivity index (χ0v) is 15.4. The third kappa shape index (κ3) is 4.31.